The Morgan fingerprint density at radius 2 is 1.82 bits per heavy atom. The number of nitro groups is 1. The zero-order valence-electron chi connectivity index (χ0n) is 11.7. The Morgan fingerprint density at radius 1 is 1.18 bits per heavy atom. The van der Waals surface area contributed by atoms with Crippen molar-refractivity contribution < 1.29 is 14.8 Å². The molecule has 7 nitrogen and oxygen atoms in total. The van der Waals surface area contributed by atoms with Gasteiger partial charge in [0.2, 0.25) is 0 Å². The van der Waals surface area contributed by atoms with E-state index in [1.165, 1.54) is 24.3 Å². The van der Waals surface area contributed by atoms with E-state index in [0.717, 1.165) is 0 Å². The van der Waals surface area contributed by atoms with Crippen molar-refractivity contribution in [3.05, 3.63) is 69.8 Å². The van der Waals surface area contributed by atoms with Gasteiger partial charge in [-0.1, -0.05) is 12.1 Å². The van der Waals surface area contributed by atoms with Crippen molar-refractivity contribution in [3.63, 3.8) is 0 Å². The van der Waals surface area contributed by atoms with E-state index in [4.69, 9.17) is 0 Å². The molecule has 0 aromatic heterocycles. The lowest BCUT2D eigenvalue weighted by molar-refractivity contribution is -0.384. The first-order valence-electron chi connectivity index (χ1n) is 6.36. The molecule has 0 fully saturated rings. The number of hydrogen-bond donors (Lipinski definition) is 2. The first-order valence-corrected chi connectivity index (χ1v) is 6.36. The second-order valence-electron chi connectivity index (χ2n) is 4.46. The molecule has 0 bridgehead atoms. The molecule has 0 saturated carbocycles. The molecule has 112 valence electrons. The van der Waals surface area contributed by atoms with Crippen LogP contribution in [-0.4, -0.2) is 21.6 Å². The summed E-state index contributed by atoms with van der Waals surface area (Å²) in [6.07, 6.45) is 0. The van der Waals surface area contributed by atoms with Crippen LogP contribution >= 0.6 is 0 Å². The summed E-state index contributed by atoms with van der Waals surface area (Å²) in [5.74, 6) is -0.678. The number of amides is 1. The third-order valence-corrected chi connectivity index (χ3v) is 2.97. The molecule has 0 atom stereocenters. The number of aromatic hydroxyl groups is 1. The van der Waals surface area contributed by atoms with Gasteiger partial charge in [0, 0.05) is 12.1 Å². The monoisotopic (exact) mass is 299 g/mol. The first kappa shape index (κ1) is 15.2. The van der Waals surface area contributed by atoms with Crippen molar-refractivity contribution >= 4 is 17.3 Å². The Hall–Kier alpha value is -3.22. The van der Waals surface area contributed by atoms with Crippen molar-refractivity contribution in [3.8, 4) is 5.75 Å². The molecule has 0 saturated heterocycles. The van der Waals surface area contributed by atoms with Gasteiger partial charge in [0.15, 0.2) is 0 Å². The zero-order valence-corrected chi connectivity index (χ0v) is 11.7. The summed E-state index contributed by atoms with van der Waals surface area (Å²) in [5.41, 5.74) is 3.55. The van der Waals surface area contributed by atoms with Crippen LogP contribution in [0.3, 0.4) is 0 Å². The van der Waals surface area contributed by atoms with Crippen LogP contribution in [0.4, 0.5) is 5.69 Å². The van der Waals surface area contributed by atoms with E-state index in [2.05, 4.69) is 10.5 Å². The van der Waals surface area contributed by atoms with Crippen LogP contribution in [0.15, 0.2) is 53.6 Å². The van der Waals surface area contributed by atoms with Crippen LogP contribution in [0.25, 0.3) is 0 Å². The number of hydrazone groups is 1. The second-order valence-corrected chi connectivity index (χ2v) is 4.46. The number of carbonyl (C=O) groups excluding carboxylic acids is 1. The van der Waals surface area contributed by atoms with E-state index < -0.39 is 10.8 Å². The number of nitrogens with one attached hydrogen (secondary N) is 1. The summed E-state index contributed by atoms with van der Waals surface area (Å²) >= 11 is 0. The summed E-state index contributed by atoms with van der Waals surface area (Å²) in [6.45, 7) is 1.66. The first-order chi connectivity index (χ1) is 10.5. The highest BCUT2D eigenvalue weighted by Crippen LogP contribution is 2.15. The van der Waals surface area contributed by atoms with Gasteiger partial charge in [0.25, 0.3) is 11.6 Å². The number of nitro benzene ring substituents is 1. The second kappa shape index (κ2) is 6.49. The molecule has 0 aliphatic heterocycles. The molecule has 0 unspecified atom stereocenters. The fourth-order valence-corrected chi connectivity index (χ4v) is 1.75. The third kappa shape index (κ3) is 3.45. The summed E-state index contributed by atoms with van der Waals surface area (Å²) in [4.78, 5) is 22.0. The number of phenols is 1. The number of rotatable bonds is 4. The Labute approximate surface area is 126 Å². The zero-order chi connectivity index (χ0) is 16.1. The average molecular weight is 299 g/mol. The van der Waals surface area contributed by atoms with E-state index in [1.807, 2.05) is 0 Å². The molecule has 22 heavy (non-hydrogen) atoms. The van der Waals surface area contributed by atoms with Gasteiger partial charge in [-0.15, -0.1) is 0 Å². The molecule has 2 aromatic rings. The van der Waals surface area contributed by atoms with Crippen molar-refractivity contribution in [2.24, 2.45) is 5.10 Å². The SMILES string of the molecule is C/C(=N\NC(=O)c1ccccc1O)c1ccc([N+](=O)[O-])cc1. The predicted molar refractivity (Wildman–Crippen MR) is 80.9 cm³/mol. The van der Waals surface area contributed by atoms with E-state index in [9.17, 15) is 20.0 Å². The van der Waals surface area contributed by atoms with Gasteiger partial charge in [-0.2, -0.15) is 5.10 Å². The number of para-hydroxylation sites is 1. The largest absolute Gasteiger partial charge is 0.507 e. The quantitative estimate of drug-likeness (QED) is 0.514. The molecule has 7 heteroatoms. The van der Waals surface area contributed by atoms with Crippen LogP contribution in [0.2, 0.25) is 0 Å². The van der Waals surface area contributed by atoms with E-state index in [0.29, 0.717) is 11.3 Å². The topological polar surface area (TPSA) is 105 Å². The lowest BCUT2D eigenvalue weighted by Crippen LogP contribution is -2.19. The molecule has 0 radical (unpaired) electrons. The highest BCUT2D eigenvalue weighted by molar-refractivity contribution is 6.01. The van der Waals surface area contributed by atoms with Crippen molar-refractivity contribution in [1.29, 1.82) is 0 Å². The lowest BCUT2D eigenvalue weighted by Gasteiger charge is -2.04. The van der Waals surface area contributed by atoms with Crippen molar-refractivity contribution in [2.75, 3.05) is 0 Å². The van der Waals surface area contributed by atoms with Crippen molar-refractivity contribution in [1.82, 2.24) is 5.43 Å². The maximum absolute atomic E-state index is 11.9. The maximum Gasteiger partial charge on any atom is 0.275 e. The van der Waals surface area contributed by atoms with E-state index in [1.54, 1.807) is 31.2 Å². The molecular formula is C15H13N3O4. The molecule has 0 heterocycles. The number of hydrogen-bond acceptors (Lipinski definition) is 5. The highest BCUT2D eigenvalue weighted by atomic mass is 16.6. The Balaban J connectivity index is 2.11. The van der Waals surface area contributed by atoms with Crippen LogP contribution in [0, 0.1) is 10.1 Å². The molecule has 2 aromatic carbocycles. The number of carbonyl (C=O) groups is 1. The Kier molecular flexibility index (Phi) is 4.47. The van der Waals surface area contributed by atoms with Crippen LogP contribution < -0.4 is 5.43 Å². The van der Waals surface area contributed by atoms with E-state index >= 15 is 0 Å². The van der Waals surface area contributed by atoms with Crippen LogP contribution in [-0.2, 0) is 0 Å². The minimum absolute atomic E-state index is 0.0187. The summed E-state index contributed by atoms with van der Waals surface area (Å²) in [7, 11) is 0. The normalized spacial score (nSPS) is 11.0. The smallest absolute Gasteiger partial charge is 0.275 e. The van der Waals surface area contributed by atoms with Gasteiger partial charge in [0.05, 0.1) is 16.2 Å². The van der Waals surface area contributed by atoms with Gasteiger partial charge in [-0.25, -0.2) is 5.43 Å². The van der Waals surface area contributed by atoms with Gasteiger partial charge >= 0.3 is 0 Å². The molecule has 2 N–H and O–H groups in total. The van der Waals surface area contributed by atoms with Gasteiger partial charge in [-0.3, -0.25) is 14.9 Å². The third-order valence-electron chi connectivity index (χ3n) is 2.97. The fourth-order valence-electron chi connectivity index (χ4n) is 1.75. The molecule has 1 amide bonds. The minimum Gasteiger partial charge on any atom is -0.507 e. The summed E-state index contributed by atoms with van der Waals surface area (Å²) < 4.78 is 0. The number of nitrogens with zero attached hydrogens (tertiary/aromatic N) is 2. The number of phenolic OH excluding ortho intramolecular Hbond substituents is 1. The van der Waals surface area contributed by atoms with Gasteiger partial charge in [0.1, 0.15) is 5.75 Å². The molecule has 0 aliphatic rings. The molecule has 0 spiro atoms. The average Bonchev–Trinajstić information content (AvgIpc) is 2.52. The van der Waals surface area contributed by atoms with E-state index in [-0.39, 0.29) is 17.0 Å². The van der Waals surface area contributed by atoms with Crippen LogP contribution in [0.5, 0.6) is 5.75 Å². The van der Waals surface area contributed by atoms with Crippen LogP contribution in [0.1, 0.15) is 22.8 Å². The maximum atomic E-state index is 11.9. The number of benzene rings is 2. The summed E-state index contributed by atoms with van der Waals surface area (Å²) in [6, 6.07) is 11.9. The Morgan fingerprint density at radius 3 is 2.41 bits per heavy atom. The molecular weight excluding hydrogens is 286 g/mol. The summed E-state index contributed by atoms with van der Waals surface area (Å²) in [5, 5.41) is 24.1. The fraction of sp³-hybridized carbons (Fsp3) is 0.0667. The highest BCUT2D eigenvalue weighted by Gasteiger charge is 2.10. The minimum atomic E-state index is -0.542. The Bertz CT molecular complexity index is 739. The predicted octanol–water partition coefficient (Wildman–Crippen LogP) is 2.45. The van der Waals surface area contributed by atoms with Gasteiger partial charge in [-0.05, 0) is 36.8 Å². The molecule has 2 rings (SSSR count). The van der Waals surface area contributed by atoms with Gasteiger partial charge < -0.3 is 5.11 Å². The standard InChI is InChI=1S/C15H13N3O4/c1-10(11-6-8-12(9-7-11)18(21)22)16-17-15(20)13-4-2-3-5-14(13)19/h2-9,19H,1H3,(H,17,20)/b16-10+. The van der Waals surface area contributed by atoms with Crippen molar-refractivity contribution in [2.45, 2.75) is 6.92 Å². The molecule has 0 aliphatic carbocycles. The lowest BCUT2D eigenvalue weighted by atomic mass is 10.1. The number of non-ortho nitro benzene ring substituents is 1.